The molecule has 2 aliphatic heterocycles. The third kappa shape index (κ3) is 5.89. The molecule has 0 aromatic heterocycles. The van der Waals surface area contributed by atoms with Crippen LogP contribution >= 0.6 is 11.6 Å². The van der Waals surface area contributed by atoms with Crippen LogP contribution in [0.15, 0.2) is 42.5 Å². The lowest BCUT2D eigenvalue weighted by Gasteiger charge is -2.48. The first-order valence-corrected chi connectivity index (χ1v) is 13.1. The first-order chi connectivity index (χ1) is 17.1. The molecule has 0 amide bonds. The molecule has 2 bridgehead atoms. The highest BCUT2D eigenvalue weighted by atomic mass is 35.5. The van der Waals surface area contributed by atoms with Crippen LogP contribution in [0.2, 0.25) is 5.02 Å². The molecule has 0 saturated carbocycles. The predicted molar refractivity (Wildman–Crippen MR) is 141 cm³/mol. The standard InChI is InChI=1S/C23H27ClO6.C5H13N/c1-2-29-17-6-3-14(4-7-17)11-15-12-16(5-8-18(15)24)23-10-9-22(13-25,30-23)20(27)19(26)21(23)28;1-4-6-5(2)3/h3-8,12,19-21,25-28H,2,9-11,13H2,1H3;5-6H,4H2,1-3H3/t19?,20?,21-,22-,23+;/m1./s1. The molecule has 7 nitrogen and oxygen atoms in total. The number of aliphatic hydroxyl groups excluding tert-OH is 4. The molecule has 0 aliphatic carbocycles. The Morgan fingerprint density at radius 2 is 1.75 bits per heavy atom. The highest BCUT2D eigenvalue weighted by Crippen LogP contribution is 2.54. The second-order valence-electron chi connectivity index (χ2n) is 9.87. The molecule has 2 fully saturated rings. The lowest BCUT2D eigenvalue weighted by Crippen LogP contribution is -2.64. The number of benzene rings is 2. The zero-order chi connectivity index (χ0) is 26.5. The smallest absolute Gasteiger partial charge is 0.123 e. The molecule has 2 aliphatic rings. The molecule has 200 valence electrons. The zero-order valence-corrected chi connectivity index (χ0v) is 22.3. The Balaban J connectivity index is 0.000000538. The van der Waals surface area contributed by atoms with E-state index in [9.17, 15) is 20.4 Å². The molecule has 4 rings (SSSR count). The van der Waals surface area contributed by atoms with Gasteiger partial charge in [0.25, 0.3) is 0 Å². The van der Waals surface area contributed by atoms with Gasteiger partial charge in [0.2, 0.25) is 0 Å². The van der Waals surface area contributed by atoms with E-state index in [1.807, 2.05) is 37.3 Å². The van der Waals surface area contributed by atoms with Crippen molar-refractivity contribution in [2.75, 3.05) is 19.8 Å². The number of hydrogen-bond donors (Lipinski definition) is 5. The van der Waals surface area contributed by atoms with E-state index in [0.717, 1.165) is 23.4 Å². The summed E-state index contributed by atoms with van der Waals surface area (Å²) in [5, 5.41) is 45.3. The summed E-state index contributed by atoms with van der Waals surface area (Å²) in [7, 11) is 0. The first kappa shape index (κ1) is 28.9. The molecule has 5 atom stereocenters. The Morgan fingerprint density at radius 1 is 1.06 bits per heavy atom. The van der Waals surface area contributed by atoms with E-state index in [-0.39, 0.29) is 0 Å². The van der Waals surface area contributed by atoms with Gasteiger partial charge in [0.1, 0.15) is 35.3 Å². The summed E-state index contributed by atoms with van der Waals surface area (Å²) in [6.45, 7) is 9.58. The van der Waals surface area contributed by atoms with E-state index in [1.165, 1.54) is 0 Å². The minimum absolute atomic E-state index is 0.329. The van der Waals surface area contributed by atoms with Crippen LogP contribution in [0.1, 0.15) is 57.2 Å². The molecular formula is C28H40ClNO6. The van der Waals surface area contributed by atoms with E-state index in [0.29, 0.717) is 42.5 Å². The van der Waals surface area contributed by atoms with Gasteiger partial charge in [-0.1, -0.05) is 56.6 Å². The molecule has 2 heterocycles. The number of hydrogen-bond acceptors (Lipinski definition) is 7. The topological polar surface area (TPSA) is 111 Å². The average Bonchev–Trinajstić information content (AvgIpc) is 3.25. The van der Waals surface area contributed by atoms with Gasteiger partial charge in [-0.2, -0.15) is 0 Å². The number of nitrogens with one attached hydrogen (secondary N) is 1. The minimum Gasteiger partial charge on any atom is -0.494 e. The van der Waals surface area contributed by atoms with Gasteiger partial charge in [0.15, 0.2) is 0 Å². The SMILES string of the molecule is CCNC(C)C.CCOc1ccc(Cc2cc([C@]34CC[C@](CO)(O3)C(O)C(O)[C@H]4O)ccc2Cl)cc1. The highest BCUT2D eigenvalue weighted by Gasteiger charge is 2.65. The highest BCUT2D eigenvalue weighted by molar-refractivity contribution is 6.31. The number of aliphatic hydroxyl groups is 4. The minimum atomic E-state index is -1.42. The van der Waals surface area contributed by atoms with E-state index in [4.69, 9.17) is 21.1 Å². The quantitative estimate of drug-likeness (QED) is 0.363. The van der Waals surface area contributed by atoms with Gasteiger partial charge in [-0.3, -0.25) is 0 Å². The van der Waals surface area contributed by atoms with Crippen molar-refractivity contribution in [3.8, 4) is 5.75 Å². The summed E-state index contributed by atoms with van der Waals surface area (Å²) in [6, 6.07) is 13.8. The lowest BCUT2D eigenvalue weighted by atomic mass is 9.80. The first-order valence-electron chi connectivity index (χ1n) is 12.7. The summed E-state index contributed by atoms with van der Waals surface area (Å²) in [5.74, 6) is 0.803. The van der Waals surface area contributed by atoms with Crippen molar-refractivity contribution in [3.63, 3.8) is 0 Å². The summed E-state index contributed by atoms with van der Waals surface area (Å²) >= 11 is 6.45. The normalized spacial score (nSPS) is 29.1. The maximum absolute atomic E-state index is 10.8. The van der Waals surface area contributed by atoms with Crippen molar-refractivity contribution in [2.45, 2.75) is 82.5 Å². The van der Waals surface area contributed by atoms with Gasteiger partial charge in [-0.05, 0) is 67.6 Å². The third-order valence-corrected chi connectivity index (χ3v) is 7.38. The van der Waals surface area contributed by atoms with Crippen molar-refractivity contribution in [1.82, 2.24) is 5.32 Å². The fourth-order valence-corrected chi connectivity index (χ4v) is 5.27. The number of rotatable bonds is 8. The van der Waals surface area contributed by atoms with Crippen LogP contribution < -0.4 is 10.1 Å². The fraction of sp³-hybridized carbons (Fsp3) is 0.571. The zero-order valence-electron chi connectivity index (χ0n) is 21.6. The molecule has 2 aromatic carbocycles. The number of ether oxygens (including phenoxy) is 2. The molecule has 0 spiro atoms. The summed E-state index contributed by atoms with van der Waals surface area (Å²) in [5.41, 5.74) is 0.0755. The molecule has 2 aromatic rings. The maximum atomic E-state index is 10.8. The molecule has 36 heavy (non-hydrogen) atoms. The van der Waals surface area contributed by atoms with Gasteiger partial charge < -0.3 is 35.2 Å². The van der Waals surface area contributed by atoms with E-state index in [1.54, 1.807) is 12.1 Å². The molecule has 8 heteroatoms. The van der Waals surface area contributed by atoms with Crippen molar-refractivity contribution in [2.24, 2.45) is 0 Å². The Bertz CT molecular complexity index is 987. The van der Waals surface area contributed by atoms with Crippen molar-refractivity contribution in [1.29, 1.82) is 0 Å². The Morgan fingerprint density at radius 3 is 2.31 bits per heavy atom. The summed E-state index contributed by atoms with van der Waals surface area (Å²) in [4.78, 5) is 0. The Hall–Kier alpha value is -1.71. The third-order valence-electron chi connectivity index (χ3n) is 7.01. The van der Waals surface area contributed by atoms with Gasteiger partial charge in [-0.15, -0.1) is 0 Å². The molecule has 2 saturated heterocycles. The monoisotopic (exact) mass is 521 g/mol. The molecular weight excluding hydrogens is 482 g/mol. The van der Waals surface area contributed by atoms with E-state index in [2.05, 4.69) is 26.1 Å². The van der Waals surface area contributed by atoms with Gasteiger partial charge in [0, 0.05) is 11.1 Å². The van der Waals surface area contributed by atoms with E-state index >= 15 is 0 Å². The van der Waals surface area contributed by atoms with Crippen molar-refractivity contribution >= 4 is 11.6 Å². The summed E-state index contributed by atoms with van der Waals surface area (Å²) < 4.78 is 11.6. The fourth-order valence-electron chi connectivity index (χ4n) is 5.09. The van der Waals surface area contributed by atoms with Crippen LogP contribution in [-0.4, -0.2) is 70.1 Å². The van der Waals surface area contributed by atoms with Gasteiger partial charge in [0.05, 0.1) is 13.2 Å². The van der Waals surface area contributed by atoms with Crippen LogP contribution in [0, 0.1) is 0 Å². The van der Waals surface area contributed by atoms with Crippen LogP contribution in [0.5, 0.6) is 5.75 Å². The molecule has 2 unspecified atom stereocenters. The van der Waals surface area contributed by atoms with Gasteiger partial charge in [-0.25, -0.2) is 0 Å². The van der Waals surface area contributed by atoms with Gasteiger partial charge >= 0.3 is 0 Å². The maximum Gasteiger partial charge on any atom is 0.123 e. The predicted octanol–water partition coefficient (Wildman–Crippen LogP) is 3.17. The second kappa shape index (κ2) is 12.2. The number of fused-ring (bicyclic) bond motifs is 2. The van der Waals surface area contributed by atoms with Crippen LogP contribution in [0.4, 0.5) is 0 Å². The number of halogens is 1. The molecule has 0 radical (unpaired) electrons. The average molecular weight is 522 g/mol. The Kier molecular flexibility index (Phi) is 9.80. The van der Waals surface area contributed by atoms with Crippen LogP contribution in [0.3, 0.4) is 0 Å². The van der Waals surface area contributed by atoms with Crippen molar-refractivity contribution < 1.29 is 29.9 Å². The second-order valence-corrected chi connectivity index (χ2v) is 10.3. The summed E-state index contributed by atoms with van der Waals surface area (Å²) in [6.07, 6.45) is -2.83. The Labute approximate surface area is 219 Å². The molecule has 5 N–H and O–H groups in total. The largest absolute Gasteiger partial charge is 0.494 e. The lowest BCUT2D eigenvalue weighted by molar-refractivity contribution is -0.289. The van der Waals surface area contributed by atoms with Crippen molar-refractivity contribution in [3.05, 3.63) is 64.2 Å². The van der Waals surface area contributed by atoms with Crippen LogP contribution in [0.25, 0.3) is 0 Å². The van der Waals surface area contributed by atoms with E-state index < -0.39 is 36.1 Å². The van der Waals surface area contributed by atoms with Crippen LogP contribution in [-0.2, 0) is 16.8 Å².